The van der Waals surface area contributed by atoms with E-state index in [9.17, 15) is 9.90 Å². The van der Waals surface area contributed by atoms with Gasteiger partial charge in [-0.05, 0) is 63.5 Å². The van der Waals surface area contributed by atoms with Crippen LogP contribution >= 0.6 is 39.1 Å². The molecule has 138 valence electrons. The minimum Gasteiger partial charge on any atom is -0.507 e. The summed E-state index contributed by atoms with van der Waals surface area (Å²) in [6.07, 6.45) is 3.40. The molecular weight excluding hydrogens is 451 g/mol. The van der Waals surface area contributed by atoms with Crippen LogP contribution in [-0.4, -0.2) is 20.9 Å². The summed E-state index contributed by atoms with van der Waals surface area (Å²) in [6, 6.07) is 13.6. The molecule has 2 aromatic carbocycles. The Hall–Kier alpha value is -2.08. The van der Waals surface area contributed by atoms with Crippen molar-refractivity contribution < 1.29 is 9.90 Å². The van der Waals surface area contributed by atoms with Crippen LogP contribution in [0.3, 0.4) is 0 Å². The summed E-state index contributed by atoms with van der Waals surface area (Å²) in [6.45, 7) is 0.673. The number of aromatic nitrogens is 1. The zero-order valence-electron chi connectivity index (χ0n) is 14.1. The molecule has 0 unspecified atom stereocenters. The summed E-state index contributed by atoms with van der Waals surface area (Å²) in [5, 5.41) is 10.7. The highest BCUT2D eigenvalue weighted by Gasteiger charge is 2.19. The van der Waals surface area contributed by atoms with Crippen molar-refractivity contribution in [2.24, 2.45) is 0 Å². The van der Waals surface area contributed by atoms with Crippen LogP contribution in [0.4, 0.5) is 0 Å². The molecule has 0 aliphatic rings. The molecular formula is C20H15BrCl2N2O2. The van der Waals surface area contributed by atoms with Gasteiger partial charge >= 0.3 is 0 Å². The van der Waals surface area contributed by atoms with Crippen LogP contribution in [0.5, 0.6) is 5.75 Å². The number of benzene rings is 2. The Balaban J connectivity index is 1.93. The van der Waals surface area contributed by atoms with Gasteiger partial charge in [0.25, 0.3) is 5.91 Å². The van der Waals surface area contributed by atoms with Crippen LogP contribution in [0.15, 0.2) is 65.4 Å². The number of halogens is 3. The first kappa shape index (κ1) is 19.7. The van der Waals surface area contributed by atoms with Crippen LogP contribution in [0.1, 0.15) is 21.5 Å². The van der Waals surface area contributed by atoms with Gasteiger partial charge in [-0.25, -0.2) is 0 Å². The lowest BCUT2D eigenvalue weighted by Crippen LogP contribution is -2.30. The number of phenolic OH excluding ortho intramolecular Hbond substituents is 1. The Morgan fingerprint density at radius 2 is 1.93 bits per heavy atom. The highest BCUT2D eigenvalue weighted by molar-refractivity contribution is 9.10. The average molecular weight is 466 g/mol. The molecule has 0 atom stereocenters. The fourth-order valence-electron chi connectivity index (χ4n) is 2.59. The topological polar surface area (TPSA) is 53.4 Å². The van der Waals surface area contributed by atoms with Gasteiger partial charge in [-0.15, -0.1) is 0 Å². The Morgan fingerprint density at radius 1 is 1.11 bits per heavy atom. The summed E-state index contributed by atoms with van der Waals surface area (Å²) >= 11 is 15.5. The zero-order valence-corrected chi connectivity index (χ0v) is 17.2. The normalized spacial score (nSPS) is 10.6. The lowest BCUT2D eigenvalue weighted by atomic mass is 10.1. The maximum absolute atomic E-state index is 13.1. The van der Waals surface area contributed by atoms with Crippen molar-refractivity contribution in [1.29, 1.82) is 0 Å². The molecule has 0 aliphatic carbocycles. The van der Waals surface area contributed by atoms with Gasteiger partial charge in [0.15, 0.2) is 0 Å². The largest absolute Gasteiger partial charge is 0.507 e. The van der Waals surface area contributed by atoms with Gasteiger partial charge in [0.1, 0.15) is 5.75 Å². The Labute approximate surface area is 175 Å². The number of pyridine rings is 1. The monoisotopic (exact) mass is 464 g/mol. The molecule has 27 heavy (non-hydrogen) atoms. The van der Waals surface area contributed by atoms with E-state index < -0.39 is 0 Å². The van der Waals surface area contributed by atoms with Crippen molar-refractivity contribution in [3.8, 4) is 5.75 Å². The number of amides is 1. The van der Waals surface area contributed by atoms with Crippen LogP contribution in [-0.2, 0) is 13.1 Å². The maximum atomic E-state index is 13.1. The standard InChI is InChI=1S/C20H15BrCl2N2O2/c21-17-8-14(4-6-19(17)26)20(27)25(11-13-2-1-7-24-10-13)12-15-3-5-16(22)9-18(15)23/h1-10,26H,11-12H2. The second-order valence-corrected chi connectivity index (χ2v) is 7.62. The Bertz CT molecular complexity index is 967. The first-order valence-electron chi connectivity index (χ1n) is 8.04. The number of carbonyl (C=O) groups excluding carboxylic acids is 1. The third kappa shape index (κ3) is 5.01. The van der Waals surface area contributed by atoms with Gasteiger partial charge in [0.05, 0.1) is 4.47 Å². The van der Waals surface area contributed by atoms with Gasteiger partial charge in [-0.2, -0.15) is 0 Å². The van der Waals surface area contributed by atoms with E-state index in [4.69, 9.17) is 23.2 Å². The van der Waals surface area contributed by atoms with Gasteiger partial charge in [0, 0.05) is 41.1 Å². The molecule has 7 heteroatoms. The van der Waals surface area contributed by atoms with Gasteiger partial charge in [-0.3, -0.25) is 9.78 Å². The predicted octanol–water partition coefficient (Wildman–Crippen LogP) is 5.70. The SMILES string of the molecule is O=C(c1ccc(O)c(Br)c1)N(Cc1cccnc1)Cc1ccc(Cl)cc1Cl. The first-order valence-corrected chi connectivity index (χ1v) is 9.59. The summed E-state index contributed by atoms with van der Waals surface area (Å²) in [5.74, 6) is -0.114. The van der Waals surface area contributed by atoms with Crippen molar-refractivity contribution >= 4 is 45.0 Å². The molecule has 0 bridgehead atoms. The van der Waals surface area contributed by atoms with E-state index in [1.807, 2.05) is 12.1 Å². The molecule has 1 aromatic heterocycles. The minimum atomic E-state index is -0.189. The van der Waals surface area contributed by atoms with E-state index in [0.29, 0.717) is 33.2 Å². The average Bonchev–Trinajstić information content (AvgIpc) is 2.65. The molecule has 1 heterocycles. The Morgan fingerprint density at radius 3 is 2.59 bits per heavy atom. The summed E-state index contributed by atoms with van der Waals surface area (Å²) < 4.78 is 0.458. The van der Waals surface area contributed by atoms with E-state index in [-0.39, 0.29) is 11.7 Å². The zero-order chi connectivity index (χ0) is 19.4. The summed E-state index contributed by atoms with van der Waals surface area (Å²) in [4.78, 5) is 18.9. The van der Waals surface area contributed by atoms with Gasteiger partial charge < -0.3 is 10.0 Å². The quantitative estimate of drug-likeness (QED) is 0.525. The predicted molar refractivity (Wildman–Crippen MR) is 110 cm³/mol. The Kier molecular flexibility index (Phi) is 6.37. The number of carbonyl (C=O) groups is 1. The van der Waals surface area contributed by atoms with E-state index in [1.54, 1.807) is 47.6 Å². The van der Waals surface area contributed by atoms with Crippen LogP contribution in [0.2, 0.25) is 10.0 Å². The van der Waals surface area contributed by atoms with E-state index >= 15 is 0 Å². The molecule has 0 saturated carbocycles. The van der Waals surface area contributed by atoms with Crippen molar-refractivity contribution in [2.45, 2.75) is 13.1 Å². The third-order valence-electron chi connectivity index (χ3n) is 3.95. The van der Waals surface area contributed by atoms with E-state index in [2.05, 4.69) is 20.9 Å². The third-order valence-corrected chi connectivity index (χ3v) is 5.18. The van der Waals surface area contributed by atoms with Crippen LogP contribution < -0.4 is 0 Å². The van der Waals surface area contributed by atoms with Crippen LogP contribution in [0, 0.1) is 0 Å². The van der Waals surface area contributed by atoms with Crippen LogP contribution in [0.25, 0.3) is 0 Å². The number of aromatic hydroxyl groups is 1. The number of hydrogen-bond acceptors (Lipinski definition) is 3. The van der Waals surface area contributed by atoms with Crippen molar-refractivity contribution in [1.82, 2.24) is 9.88 Å². The van der Waals surface area contributed by atoms with Gasteiger partial charge in [-0.1, -0.05) is 35.3 Å². The van der Waals surface area contributed by atoms with Crippen molar-refractivity contribution in [3.63, 3.8) is 0 Å². The molecule has 3 aromatic rings. The number of nitrogens with zero attached hydrogens (tertiary/aromatic N) is 2. The molecule has 0 fully saturated rings. The van der Waals surface area contributed by atoms with Crippen molar-refractivity contribution in [2.75, 3.05) is 0 Å². The molecule has 3 rings (SSSR count). The fraction of sp³-hybridized carbons (Fsp3) is 0.100. The molecule has 0 spiro atoms. The molecule has 4 nitrogen and oxygen atoms in total. The van der Waals surface area contributed by atoms with Crippen molar-refractivity contribution in [3.05, 3.63) is 92.1 Å². The lowest BCUT2D eigenvalue weighted by Gasteiger charge is -2.24. The molecule has 0 radical (unpaired) electrons. The molecule has 0 aliphatic heterocycles. The second kappa shape index (κ2) is 8.74. The van der Waals surface area contributed by atoms with Gasteiger partial charge in [0.2, 0.25) is 0 Å². The maximum Gasteiger partial charge on any atom is 0.254 e. The molecule has 0 saturated heterocycles. The lowest BCUT2D eigenvalue weighted by molar-refractivity contribution is 0.0730. The van der Waals surface area contributed by atoms with E-state index in [0.717, 1.165) is 11.1 Å². The first-order chi connectivity index (χ1) is 12.9. The molecule has 1 N–H and O–H groups in total. The fourth-order valence-corrected chi connectivity index (χ4v) is 3.44. The number of phenols is 1. The second-order valence-electron chi connectivity index (χ2n) is 5.92. The summed E-state index contributed by atoms with van der Waals surface area (Å²) in [7, 11) is 0. The highest BCUT2D eigenvalue weighted by atomic mass is 79.9. The number of rotatable bonds is 5. The number of hydrogen-bond donors (Lipinski definition) is 1. The molecule has 1 amide bonds. The minimum absolute atomic E-state index is 0.0751. The van der Waals surface area contributed by atoms with E-state index in [1.165, 1.54) is 6.07 Å². The highest BCUT2D eigenvalue weighted by Crippen LogP contribution is 2.27. The summed E-state index contributed by atoms with van der Waals surface area (Å²) in [5.41, 5.74) is 2.14. The smallest absolute Gasteiger partial charge is 0.254 e.